The van der Waals surface area contributed by atoms with E-state index in [1.807, 2.05) is 0 Å². The predicted octanol–water partition coefficient (Wildman–Crippen LogP) is 3.99. The van der Waals surface area contributed by atoms with Crippen LogP contribution in [-0.4, -0.2) is 65.6 Å². The number of alkyl halides is 3. The maximum absolute atomic E-state index is 13.4. The molecule has 2 aliphatic heterocycles. The van der Waals surface area contributed by atoms with Crippen molar-refractivity contribution in [3.63, 3.8) is 0 Å². The number of anilines is 1. The normalized spacial score (nSPS) is 19.9. The molecule has 0 unspecified atom stereocenters. The summed E-state index contributed by atoms with van der Waals surface area (Å²) in [6.07, 6.45) is 0.675. The molecule has 0 radical (unpaired) electrons. The number of benzene rings is 1. The van der Waals surface area contributed by atoms with Crippen LogP contribution in [0.4, 0.5) is 19.0 Å². The van der Waals surface area contributed by atoms with Crippen molar-refractivity contribution in [1.82, 2.24) is 20.1 Å². The fourth-order valence-corrected chi connectivity index (χ4v) is 4.23. The maximum atomic E-state index is 13.4. The van der Waals surface area contributed by atoms with Crippen molar-refractivity contribution in [2.45, 2.75) is 31.2 Å². The number of hydrogen-bond donors (Lipinski definition) is 1. The average molecular weight is 459 g/mol. The van der Waals surface area contributed by atoms with Gasteiger partial charge >= 0.3 is 6.18 Å². The quantitative estimate of drug-likeness (QED) is 0.619. The molecule has 1 atom stereocenters. The Morgan fingerprint density at radius 3 is 2.73 bits per heavy atom. The molecule has 33 heavy (non-hydrogen) atoms. The number of piperidine rings is 1. The first-order valence-corrected chi connectivity index (χ1v) is 10.9. The van der Waals surface area contributed by atoms with Crippen LogP contribution in [0.2, 0.25) is 0 Å². The van der Waals surface area contributed by atoms with Crippen LogP contribution in [0.5, 0.6) is 5.75 Å². The van der Waals surface area contributed by atoms with Gasteiger partial charge in [-0.3, -0.25) is 4.98 Å². The minimum atomic E-state index is -4.48. The van der Waals surface area contributed by atoms with Crippen LogP contribution in [-0.2, 0) is 10.9 Å². The highest BCUT2D eigenvalue weighted by Gasteiger charge is 2.33. The van der Waals surface area contributed by atoms with Crippen molar-refractivity contribution in [1.29, 1.82) is 0 Å². The highest BCUT2D eigenvalue weighted by Crippen LogP contribution is 2.40. The summed E-state index contributed by atoms with van der Waals surface area (Å²) in [4.78, 5) is 6.50. The van der Waals surface area contributed by atoms with E-state index in [1.54, 1.807) is 18.5 Å². The molecule has 3 aromatic rings. The van der Waals surface area contributed by atoms with Crippen LogP contribution >= 0.6 is 0 Å². The molecule has 2 aromatic heterocycles. The molecule has 2 aliphatic rings. The third kappa shape index (κ3) is 4.58. The summed E-state index contributed by atoms with van der Waals surface area (Å²) in [5.41, 5.74) is 0.116. The monoisotopic (exact) mass is 459 g/mol. The lowest BCUT2D eigenvalue weighted by molar-refractivity contribution is -0.137. The molecule has 2 saturated heterocycles. The summed E-state index contributed by atoms with van der Waals surface area (Å²) in [5, 5.41) is 13.8. The van der Waals surface area contributed by atoms with E-state index in [-0.39, 0.29) is 17.9 Å². The minimum absolute atomic E-state index is 0.111. The summed E-state index contributed by atoms with van der Waals surface area (Å²) in [6.45, 7) is 2.63. The molecule has 0 amide bonds. The molecule has 5 rings (SSSR count). The number of nitrogens with one attached hydrogen (secondary N) is 1. The second-order valence-electron chi connectivity index (χ2n) is 8.55. The van der Waals surface area contributed by atoms with Crippen LogP contribution in [0.1, 0.15) is 18.4 Å². The van der Waals surface area contributed by atoms with Crippen LogP contribution in [0.25, 0.3) is 22.0 Å². The molecular weight excluding hydrogens is 435 g/mol. The molecule has 1 N–H and O–H groups in total. The van der Waals surface area contributed by atoms with Gasteiger partial charge in [-0.05, 0) is 50.7 Å². The molecule has 0 spiro atoms. The van der Waals surface area contributed by atoms with Crippen molar-refractivity contribution in [3.05, 3.63) is 42.2 Å². The van der Waals surface area contributed by atoms with Gasteiger partial charge in [-0.15, -0.1) is 10.2 Å². The van der Waals surface area contributed by atoms with Crippen LogP contribution in [0.3, 0.4) is 0 Å². The summed E-state index contributed by atoms with van der Waals surface area (Å²) in [5.74, 6) is 0.726. The second kappa shape index (κ2) is 8.75. The Hall–Kier alpha value is -2.98. The Bertz CT molecular complexity index is 1150. The number of hydrogen-bond acceptors (Lipinski definition) is 7. The Balaban J connectivity index is 1.56. The second-order valence-corrected chi connectivity index (χ2v) is 8.55. The Kier molecular flexibility index (Phi) is 5.79. The van der Waals surface area contributed by atoms with Crippen LogP contribution in [0, 0.1) is 0 Å². The molecule has 0 aliphatic carbocycles. The number of halogens is 3. The van der Waals surface area contributed by atoms with E-state index in [0.717, 1.165) is 48.8 Å². The van der Waals surface area contributed by atoms with E-state index in [0.29, 0.717) is 30.3 Å². The first-order chi connectivity index (χ1) is 15.9. The zero-order chi connectivity index (χ0) is 23.0. The number of aromatic nitrogens is 3. The fourth-order valence-electron chi connectivity index (χ4n) is 4.23. The van der Waals surface area contributed by atoms with Gasteiger partial charge in [-0.25, -0.2) is 0 Å². The third-order valence-corrected chi connectivity index (χ3v) is 6.01. The van der Waals surface area contributed by atoms with Gasteiger partial charge in [0.15, 0.2) is 5.82 Å². The number of rotatable bonds is 5. The molecule has 2 fully saturated rings. The molecular formula is C23H24F3N5O2. The van der Waals surface area contributed by atoms with Crippen molar-refractivity contribution < 1.29 is 22.6 Å². The van der Waals surface area contributed by atoms with Gasteiger partial charge in [0.2, 0.25) is 0 Å². The van der Waals surface area contributed by atoms with E-state index >= 15 is 0 Å². The van der Waals surface area contributed by atoms with Gasteiger partial charge < -0.3 is 19.7 Å². The highest BCUT2D eigenvalue weighted by atomic mass is 19.4. The lowest BCUT2D eigenvalue weighted by Crippen LogP contribution is -2.40. The number of pyridine rings is 1. The number of nitrogens with zero attached hydrogens (tertiary/aromatic N) is 4. The minimum Gasteiger partial charge on any atom is -0.485 e. The van der Waals surface area contributed by atoms with E-state index < -0.39 is 11.7 Å². The lowest BCUT2D eigenvalue weighted by Gasteiger charge is -2.30. The largest absolute Gasteiger partial charge is 0.485 e. The van der Waals surface area contributed by atoms with E-state index in [4.69, 9.17) is 9.47 Å². The van der Waals surface area contributed by atoms with Gasteiger partial charge in [0.05, 0.1) is 18.8 Å². The standard InChI is InChI=1S/C23H24F3N5O2/c1-31-8-2-3-15(11-31)28-22-19-10-27-7-6-17(19)21(29-30-22)18-5-4-14(23(24,25)26)9-20(18)33-16-12-32-13-16/h4-7,9-10,15-16H,2-3,8,11-13H2,1H3,(H,28,30)/t15-/m1/s1. The van der Waals surface area contributed by atoms with Crippen molar-refractivity contribution >= 4 is 16.6 Å². The van der Waals surface area contributed by atoms with Gasteiger partial charge in [-0.1, -0.05) is 0 Å². The molecule has 4 heterocycles. The van der Waals surface area contributed by atoms with Crippen LogP contribution in [0.15, 0.2) is 36.7 Å². The number of likely N-dealkylation sites (N-methyl/N-ethyl adjacent to an activating group) is 1. The van der Waals surface area contributed by atoms with Crippen molar-refractivity contribution in [3.8, 4) is 17.0 Å². The molecule has 0 bridgehead atoms. The highest BCUT2D eigenvalue weighted by molar-refractivity contribution is 6.00. The Morgan fingerprint density at radius 2 is 2.00 bits per heavy atom. The third-order valence-electron chi connectivity index (χ3n) is 6.01. The number of likely N-dealkylation sites (tertiary alicyclic amines) is 1. The Labute approximate surface area is 188 Å². The maximum Gasteiger partial charge on any atom is 0.416 e. The van der Waals surface area contributed by atoms with E-state index in [2.05, 4.69) is 32.4 Å². The first-order valence-electron chi connectivity index (χ1n) is 10.9. The smallest absolute Gasteiger partial charge is 0.416 e. The number of ether oxygens (including phenoxy) is 2. The van der Waals surface area contributed by atoms with Gasteiger partial charge in [0.1, 0.15) is 17.5 Å². The molecule has 1 aromatic carbocycles. The zero-order valence-corrected chi connectivity index (χ0v) is 18.1. The van der Waals surface area contributed by atoms with Crippen molar-refractivity contribution in [2.75, 3.05) is 38.7 Å². The SMILES string of the molecule is CN1CCC[C@@H](Nc2nnc(-c3ccc(C(F)(F)F)cc3OC3COC3)c3ccncc23)C1. The summed E-state index contributed by atoms with van der Waals surface area (Å²) in [7, 11) is 2.08. The van der Waals surface area contributed by atoms with E-state index in [9.17, 15) is 13.2 Å². The van der Waals surface area contributed by atoms with Gasteiger partial charge in [-0.2, -0.15) is 13.2 Å². The molecule has 7 nitrogen and oxygen atoms in total. The zero-order valence-electron chi connectivity index (χ0n) is 18.1. The molecule has 0 saturated carbocycles. The Morgan fingerprint density at radius 1 is 1.15 bits per heavy atom. The van der Waals surface area contributed by atoms with Crippen molar-refractivity contribution in [2.24, 2.45) is 0 Å². The lowest BCUT2D eigenvalue weighted by atomic mass is 10.0. The van der Waals surface area contributed by atoms with Gasteiger partial charge in [0, 0.05) is 41.3 Å². The fraction of sp³-hybridized carbons (Fsp3) is 0.435. The average Bonchev–Trinajstić information content (AvgIpc) is 2.76. The number of fused-ring (bicyclic) bond motifs is 1. The topological polar surface area (TPSA) is 72.4 Å². The predicted molar refractivity (Wildman–Crippen MR) is 117 cm³/mol. The first kappa shape index (κ1) is 21.8. The van der Waals surface area contributed by atoms with E-state index in [1.165, 1.54) is 6.07 Å². The summed E-state index contributed by atoms with van der Waals surface area (Å²) < 4.78 is 51.1. The van der Waals surface area contributed by atoms with Crippen LogP contribution < -0.4 is 10.1 Å². The summed E-state index contributed by atoms with van der Waals surface area (Å²) in [6, 6.07) is 5.48. The van der Waals surface area contributed by atoms with Gasteiger partial charge in [0.25, 0.3) is 0 Å². The molecule has 10 heteroatoms. The summed E-state index contributed by atoms with van der Waals surface area (Å²) >= 11 is 0. The molecule has 174 valence electrons.